The lowest BCUT2D eigenvalue weighted by atomic mass is 10.0. The van der Waals surface area contributed by atoms with Crippen molar-refractivity contribution < 1.29 is 5.11 Å². The summed E-state index contributed by atoms with van der Waals surface area (Å²) in [5, 5.41) is 10.7. The van der Waals surface area contributed by atoms with Gasteiger partial charge in [0, 0.05) is 24.1 Å². The third kappa shape index (κ3) is 1.86. The summed E-state index contributed by atoms with van der Waals surface area (Å²) in [6.07, 6.45) is 3.03. The van der Waals surface area contributed by atoms with E-state index in [-0.39, 0.29) is 0 Å². The van der Waals surface area contributed by atoms with Gasteiger partial charge in [-0.15, -0.1) is 0 Å². The fraction of sp³-hybridized carbons (Fsp3) is 0.125. The molecule has 0 unspecified atom stereocenters. The second-order valence-corrected chi connectivity index (χ2v) is 4.63. The number of hydrogen-bond donors (Lipinski definition) is 1. The molecule has 2 heteroatoms. The van der Waals surface area contributed by atoms with Crippen molar-refractivity contribution >= 4 is 10.9 Å². The van der Waals surface area contributed by atoms with Gasteiger partial charge in [-0.05, 0) is 35.7 Å². The number of aromatic nitrogens is 1. The second-order valence-electron chi connectivity index (χ2n) is 4.63. The van der Waals surface area contributed by atoms with E-state index in [1.165, 1.54) is 11.1 Å². The summed E-state index contributed by atoms with van der Waals surface area (Å²) in [5.74, 6) is 0.322. The third-order valence-electron chi connectivity index (χ3n) is 3.29. The summed E-state index contributed by atoms with van der Waals surface area (Å²) in [7, 11) is 2.04. The Hall–Kier alpha value is -2.22. The summed E-state index contributed by atoms with van der Waals surface area (Å²) < 4.78 is 2.10. The lowest BCUT2D eigenvalue weighted by Crippen LogP contribution is -1.86. The highest BCUT2D eigenvalue weighted by Gasteiger charge is 2.07. The van der Waals surface area contributed by atoms with E-state index < -0.39 is 0 Å². The van der Waals surface area contributed by atoms with Crippen LogP contribution in [0.25, 0.3) is 10.9 Å². The quantitative estimate of drug-likeness (QED) is 0.725. The molecular weight excluding hydrogens is 222 g/mol. The number of aryl methyl sites for hydroxylation is 1. The molecule has 90 valence electrons. The first-order valence-corrected chi connectivity index (χ1v) is 6.05. The SMILES string of the molecule is Cn1cc(Cc2ccccc2)c2cc(O)ccc21. The van der Waals surface area contributed by atoms with Gasteiger partial charge in [0.15, 0.2) is 0 Å². The van der Waals surface area contributed by atoms with Crippen LogP contribution in [0.2, 0.25) is 0 Å². The van der Waals surface area contributed by atoms with E-state index in [0.29, 0.717) is 5.75 Å². The van der Waals surface area contributed by atoms with Crippen molar-refractivity contribution in [3.8, 4) is 5.75 Å². The second kappa shape index (κ2) is 4.22. The average molecular weight is 237 g/mol. The Labute approximate surface area is 106 Å². The van der Waals surface area contributed by atoms with Crippen molar-refractivity contribution in [1.82, 2.24) is 4.57 Å². The summed E-state index contributed by atoms with van der Waals surface area (Å²) in [6.45, 7) is 0. The first-order chi connectivity index (χ1) is 8.74. The van der Waals surface area contributed by atoms with E-state index >= 15 is 0 Å². The fourth-order valence-electron chi connectivity index (χ4n) is 2.42. The van der Waals surface area contributed by atoms with Crippen molar-refractivity contribution in [2.45, 2.75) is 6.42 Å². The average Bonchev–Trinajstić information content (AvgIpc) is 2.67. The smallest absolute Gasteiger partial charge is 0.116 e. The first-order valence-electron chi connectivity index (χ1n) is 6.05. The number of phenols is 1. The minimum atomic E-state index is 0.322. The van der Waals surface area contributed by atoms with E-state index in [2.05, 4.69) is 35.0 Å². The maximum atomic E-state index is 9.62. The molecule has 0 amide bonds. The van der Waals surface area contributed by atoms with Crippen LogP contribution in [-0.4, -0.2) is 9.67 Å². The largest absolute Gasteiger partial charge is 0.508 e. The van der Waals surface area contributed by atoms with Gasteiger partial charge in [0.25, 0.3) is 0 Å². The molecule has 0 radical (unpaired) electrons. The molecule has 0 bridgehead atoms. The lowest BCUT2D eigenvalue weighted by molar-refractivity contribution is 0.476. The molecule has 0 atom stereocenters. The highest BCUT2D eigenvalue weighted by Crippen LogP contribution is 2.26. The number of fused-ring (bicyclic) bond motifs is 1. The minimum absolute atomic E-state index is 0.322. The molecule has 0 saturated carbocycles. The Balaban J connectivity index is 2.09. The molecule has 1 N–H and O–H groups in total. The van der Waals surface area contributed by atoms with Gasteiger partial charge in [-0.25, -0.2) is 0 Å². The van der Waals surface area contributed by atoms with E-state index in [4.69, 9.17) is 0 Å². The molecule has 3 rings (SSSR count). The standard InChI is InChI=1S/C16H15NO/c1-17-11-13(9-12-5-3-2-4-6-12)15-10-14(18)7-8-16(15)17/h2-8,10-11,18H,9H2,1H3. The summed E-state index contributed by atoms with van der Waals surface area (Å²) in [5.41, 5.74) is 3.68. The minimum Gasteiger partial charge on any atom is -0.508 e. The molecule has 1 aromatic heterocycles. The Morgan fingerprint density at radius 1 is 1.06 bits per heavy atom. The van der Waals surface area contributed by atoms with Crippen molar-refractivity contribution in [2.75, 3.05) is 0 Å². The van der Waals surface area contributed by atoms with Gasteiger partial charge in [0.2, 0.25) is 0 Å². The summed E-state index contributed by atoms with van der Waals surface area (Å²) in [6, 6.07) is 15.9. The Bertz CT molecular complexity index is 683. The summed E-state index contributed by atoms with van der Waals surface area (Å²) in [4.78, 5) is 0. The van der Waals surface area contributed by atoms with Crippen LogP contribution in [0, 0.1) is 0 Å². The zero-order valence-electron chi connectivity index (χ0n) is 10.3. The molecule has 0 aliphatic rings. The maximum Gasteiger partial charge on any atom is 0.116 e. The molecule has 1 heterocycles. The zero-order chi connectivity index (χ0) is 12.5. The molecule has 3 aromatic rings. The van der Waals surface area contributed by atoms with Gasteiger partial charge in [-0.1, -0.05) is 30.3 Å². The molecule has 0 spiro atoms. The van der Waals surface area contributed by atoms with Crippen LogP contribution in [0.3, 0.4) is 0 Å². The zero-order valence-corrected chi connectivity index (χ0v) is 10.3. The fourth-order valence-corrected chi connectivity index (χ4v) is 2.42. The van der Waals surface area contributed by atoms with Crippen LogP contribution in [-0.2, 0) is 13.5 Å². The number of hydrogen-bond acceptors (Lipinski definition) is 1. The number of phenolic OH excluding ortho intramolecular Hbond substituents is 1. The van der Waals surface area contributed by atoms with Gasteiger partial charge in [-0.2, -0.15) is 0 Å². The lowest BCUT2D eigenvalue weighted by Gasteiger charge is -2.00. The van der Waals surface area contributed by atoms with Crippen LogP contribution >= 0.6 is 0 Å². The van der Waals surface area contributed by atoms with Crippen molar-refractivity contribution in [2.24, 2.45) is 7.05 Å². The monoisotopic (exact) mass is 237 g/mol. The van der Waals surface area contributed by atoms with Gasteiger partial charge in [-0.3, -0.25) is 0 Å². The van der Waals surface area contributed by atoms with Crippen LogP contribution in [0.4, 0.5) is 0 Å². The number of rotatable bonds is 2. The Morgan fingerprint density at radius 3 is 2.61 bits per heavy atom. The normalized spacial score (nSPS) is 10.9. The molecule has 0 saturated heterocycles. The van der Waals surface area contributed by atoms with E-state index in [9.17, 15) is 5.11 Å². The van der Waals surface area contributed by atoms with Crippen LogP contribution in [0.5, 0.6) is 5.75 Å². The topological polar surface area (TPSA) is 25.2 Å². The van der Waals surface area contributed by atoms with Crippen molar-refractivity contribution in [3.63, 3.8) is 0 Å². The van der Waals surface area contributed by atoms with Crippen molar-refractivity contribution in [1.29, 1.82) is 0 Å². The maximum absolute atomic E-state index is 9.62. The van der Waals surface area contributed by atoms with E-state index in [0.717, 1.165) is 17.3 Å². The van der Waals surface area contributed by atoms with Crippen molar-refractivity contribution in [3.05, 3.63) is 65.9 Å². The molecule has 0 aliphatic heterocycles. The molecule has 0 fully saturated rings. The summed E-state index contributed by atoms with van der Waals surface area (Å²) >= 11 is 0. The third-order valence-corrected chi connectivity index (χ3v) is 3.29. The molecule has 18 heavy (non-hydrogen) atoms. The predicted molar refractivity (Wildman–Crippen MR) is 73.8 cm³/mol. The highest BCUT2D eigenvalue weighted by atomic mass is 16.3. The van der Waals surface area contributed by atoms with Crippen LogP contribution in [0.15, 0.2) is 54.7 Å². The first kappa shape index (κ1) is 10.9. The van der Waals surface area contributed by atoms with Gasteiger partial charge in [0.1, 0.15) is 5.75 Å². The van der Waals surface area contributed by atoms with Crippen LogP contribution in [0.1, 0.15) is 11.1 Å². The Morgan fingerprint density at radius 2 is 1.83 bits per heavy atom. The molecule has 2 nitrogen and oxygen atoms in total. The predicted octanol–water partition coefficient (Wildman–Crippen LogP) is 3.47. The number of aromatic hydroxyl groups is 1. The molecular formula is C16H15NO. The number of nitrogens with zero attached hydrogens (tertiary/aromatic N) is 1. The number of benzene rings is 2. The Kier molecular flexibility index (Phi) is 2.56. The van der Waals surface area contributed by atoms with Crippen LogP contribution < -0.4 is 0 Å². The van der Waals surface area contributed by atoms with E-state index in [1.54, 1.807) is 6.07 Å². The van der Waals surface area contributed by atoms with E-state index in [1.807, 2.05) is 25.2 Å². The van der Waals surface area contributed by atoms with Gasteiger partial charge < -0.3 is 9.67 Å². The molecule has 0 aliphatic carbocycles. The molecule has 2 aromatic carbocycles. The van der Waals surface area contributed by atoms with Gasteiger partial charge >= 0.3 is 0 Å². The highest BCUT2D eigenvalue weighted by molar-refractivity contribution is 5.85. The van der Waals surface area contributed by atoms with Gasteiger partial charge in [0.05, 0.1) is 0 Å².